The standard InChI is InChI=1S/C28H23N5O6/c1-17-10-12-19(13-11-17)32-26(34)22(25(30-32)21-8-3-4-9-24(21)39-2)15-23-27(35)31(28(36)29-23)16-18-6-5-7-20(14-18)33(37)38/h3-15,30H,16H2,1-2H3,(H,29,36). The Bertz CT molecular complexity index is 1700. The molecule has 0 bridgehead atoms. The molecule has 0 spiro atoms. The number of amides is 3. The number of methoxy groups -OCH3 is 1. The number of imide groups is 1. The summed E-state index contributed by atoms with van der Waals surface area (Å²) in [6, 6.07) is 19.4. The predicted octanol–water partition coefficient (Wildman–Crippen LogP) is 4.15. The molecule has 0 atom stereocenters. The summed E-state index contributed by atoms with van der Waals surface area (Å²) in [6.07, 6.45) is 1.33. The van der Waals surface area contributed by atoms with Crippen molar-refractivity contribution >= 4 is 23.7 Å². The van der Waals surface area contributed by atoms with Crippen molar-refractivity contribution in [3.63, 3.8) is 0 Å². The zero-order valence-corrected chi connectivity index (χ0v) is 21.0. The molecule has 1 aromatic heterocycles. The maximum Gasteiger partial charge on any atom is 0.329 e. The van der Waals surface area contributed by atoms with E-state index in [1.807, 2.05) is 19.1 Å². The topological polar surface area (TPSA) is 140 Å². The number of urea groups is 1. The van der Waals surface area contributed by atoms with E-state index in [0.29, 0.717) is 28.3 Å². The number of H-pyrrole nitrogens is 1. The van der Waals surface area contributed by atoms with Gasteiger partial charge in [0, 0.05) is 17.7 Å². The second-order valence-electron chi connectivity index (χ2n) is 8.88. The molecule has 3 amide bonds. The number of nitro groups is 1. The third-order valence-corrected chi connectivity index (χ3v) is 6.31. The number of nitrogens with zero attached hydrogens (tertiary/aromatic N) is 3. The number of ether oxygens (including phenoxy) is 1. The zero-order valence-electron chi connectivity index (χ0n) is 21.0. The molecule has 11 heteroatoms. The molecule has 1 fully saturated rings. The number of nitro benzene ring substituents is 1. The minimum Gasteiger partial charge on any atom is -0.496 e. The van der Waals surface area contributed by atoms with Crippen molar-refractivity contribution in [2.45, 2.75) is 13.5 Å². The van der Waals surface area contributed by atoms with E-state index < -0.39 is 22.4 Å². The van der Waals surface area contributed by atoms with E-state index in [1.165, 1.54) is 36.1 Å². The highest BCUT2D eigenvalue weighted by Gasteiger charge is 2.34. The summed E-state index contributed by atoms with van der Waals surface area (Å²) >= 11 is 0. The summed E-state index contributed by atoms with van der Waals surface area (Å²) in [5.74, 6) is -0.163. The van der Waals surface area contributed by atoms with Gasteiger partial charge in [-0.1, -0.05) is 42.0 Å². The second-order valence-corrected chi connectivity index (χ2v) is 8.88. The van der Waals surface area contributed by atoms with Crippen LogP contribution in [0.4, 0.5) is 10.5 Å². The third kappa shape index (κ3) is 4.80. The van der Waals surface area contributed by atoms with Gasteiger partial charge in [0.15, 0.2) is 0 Å². The quantitative estimate of drug-likeness (QED) is 0.161. The number of non-ortho nitro benzene ring substituents is 1. The fourth-order valence-electron chi connectivity index (χ4n) is 4.33. The van der Waals surface area contributed by atoms with Crippen LogP contribution < -0.4 is 15.6 Å². The van der Waals surface area contributed by atoms with Gasteiger partial charge < -0.3 is 10.1 Å². The molecule has 0 aliphatic carbocycles. The second kappa shape index (κ2) is 10.1. The predicted molar refractivity (Wildman–Crippen MR) is 143 cm³/mol. The molecule has 3 aromatic carbocycles. The van der Waals surface area contributed by atoms with Crippen LogP contribution in [0.3, 0.4) is 0 Å². The molecule has 1 aliphatic rings. The van der Waals surface area contributed by atoms with Crippen molar-refractivity contribution < 1.29 is 19.2 Å². The highest BCUT2D eigenvalue weighted by atomic mass is 16.6. The van der Waals surface area contributed by atoms with Gasteiger partial charge in [0.05, 0.1) is 35.5 Å². The van der Waals surface area contributed by atoms with Crippen molar-refractivity contribution in [1.82, 2.24) is 20.0 Å². The van der Waals surface area contributed by atoms with Gasteiger partial charge >= 0.3 is 6.03 Å². The maximum absolute atomic E-state index is 13.6. The van der Waals surface area contributed by atoms with Crippen molar-refractivity contribution in [2.75, 3.05) is 7.11 Å². The van der Waals surface area contributed by atoms with Gasteiger partial charge in [-0.3, -0.25) is 29.7 Å². The molecule has 5 rings (SSSR count). The number of carbonyl (C=O) groups is 2. The summed E-state index contributed by atoms with van der Waals surface area (Å²) < 4.78 is 6.86. The van der Waals surface area contributed by atoms with Crippen LogP contribution in [-0.2, 0) is 11.3 Å². The normalized spacial score (nSPS) is 14.1. The summed E-state index contributed by atoms with van der Waals surface area (Å²) in [4.78, 5) is 51.1. The van der Waals surface area contributed by atoms with Crippen LogP contribution in [0.2, 0.25) is 0 Å². The maximum atomic E-state index is 13.6. The molecule has 11 nitrogen and oxygen atoms in total. The van der Waals surface area contributed by atoms with E-state index in [2.05, 4.69) is 10.4 Å². The Morgan fingerprint density at radius 1 is 1.00 bits per heavy atom. The highest BCUT2D eigenvalue weighted by Crippen LogP contribution is 2.31. The fraction of sp³-hybridized carbons (Fsp3) is 0.107. The lowest BCUT2D eigenvalue weighted by Crippen LogP contribution is -2.30. The van der Waals surface area contributed by atoms with E-state index >= 15 is 0 Å². The number of hydrogen-bond donors (Lipinski definition) is 2. The van der Waals surface area contributed by atoms with E-state index in [-0.39, 0.29) is 23.5 Å². The number of aromatic nitrogens is 2. The van der Waals surface area contributed by atoms with Crippen molar-refractivity contribution in [2.24, 2.45) is 0 Å². The Morgan fingerprint density at radius 3 is 2.46 bits per heavy atom. The molecule has 2 N–H and O–H groups in total. The number of benzene rings is 3. The number of aryl methyl sites for hydroxylation is 1. The molecule has 39 heavy (non-hydrogen) atoms. The van der Waals surface area contributed by atoms with Crippen molar-refractivity contribution in [3.05, 3.63) is 116 Å². The van der Waals surface area contributed by atoms with Gasteiger partial charge in [-0.05, 0) is 42.8 Å². The fourth-order valence-corrected chi connectivity index (χ4v) is 4.33. The van der Waals surface area contributed by atoms with E-state index in [9.17, 15) is 24.5 Å². The first-order valence-electron chi connectivity index (χ1n) is 11.9. The molecule has 0 saturated carbocycles. The molecule has 196 valence electrons. The first-order valence-corrected chi connectivity index (χ1v) is 11.9. The van der Waals surface area contributed by atoms with Gasteiger partial charge in [-0.15, -0.1) is 0 Å². The zero-order chi connectivity index (χ0) is 27.7. The number of carbonyl (C=O) groups excluding carboxylic acids is 2. The average Bonchev–Trinajstić information content (AvgIpc) is 3.40. The van der Waals surface area contributed by atoms with E-state index in [4.69, 9.17) is 4.74 Å². The Morgan fingerprint density at radius 2 is 1.74 bits per heavy atom. The van der Waals surface area contributed by atoms with Crippen LogP contribution in [0.1, 0.15) is 16.7 Å². The van der Waals surface area contributed by atoms with Crippen LogP contribution in [-0.4, -0.2) is 38.7 Å². The molecule has 0 unspecified atom stereocenters. The van der Waals surface area contributed by atoms with Crippen LogP contribution in [0.25, 0.3) is 23.0 Å². The first kappa shape index (κ1) is 25.2. The van der Waals surface area contributed by atoms with Gasteiger partial charge in [0.2, 0.25) is 0 Å². The van der Waals surface area contributed by atoms with Gasteiger partial charge in [-0.25, -0.2) is 9.48 Å². The molecule has 1 saturated heterocycles. The largest absolute Gasteiger partial charge is 0.496 e. The van der Waals surface area contributed by atoms with Crippen LogP contribution >= 0.6 is 0 Å². The Balaban J connectivity index is 1.58. The smallest absolute Gasteiger partial charge is 0.329 e. The number of aromatic amines is 1. The number of rotatable bonds is 7. The number of hydrogen-bond acceptors (Lipinski definition) is 6. The third-order valence-electron chi connectivity index (χ3n) is 6.31. The summed E-state index contributed by atoms with van der Waals surface area (Å²) in [5, 5.41) is 16.8. The highest BCUT2D eigenvalue weighted by molar-refractivity contribution is 6.14. The van der Waals surface area contributed by atoms with E-state index in [1.54, 1.807) is 42.5 Å². The summed E-state index contributed by atoms with van der Waals surface area (Å²) in [6.45, 7) is 1.76. The van der Waals surface area contributed by atoms with Crippen LogP contribution in [0, 0.1) is 17.0 Å². The Labute approximate surface area is 222 Å². The minimum absolute atomic E-state index is 0.103. The van der Waals surface area contributed by atoms with Gasteiger partial charge in [-0.2, -0.15) is 0 Å². The average molecular weight is 526 g/mol. The summed E-state index contributed by atoms with van der Waals surface area (Å²) in [5.41, 5.74) is 2.44. The first-order chi connectivity index (χ1) is 18.8. The number of para-hydroxylation sites is 1. The van der Waals surface area contributed by atoms with Gasteiger partial charge in [0.1, 0.15) is 11.4 Å². The van der Waals surface area contributed by atoms with E-state index in [0.717, 1.165) is 10.5 Å². The summed E-state index contributed by atoms with van der Waals surface area (Å²) in [7, 11) is 1.51. The SMILES string of the molecule is COc1ccccc1-c1[nH]n(-c2ccc(C)cc2)c(=O)c1C=C1NC(=O)N(Cc2cccc([N+](=O)[O-])c2)C1=O. The van der Waals surface area contributed by atoms with Crippen molar-refractivity contribution in [1.29, 1.82) is 0 Å². The lowest BCUT2D eigenvalue weighted by molar-refractivity contribution is -0.384. The van der Waals surface area contributed by atoms with Gasteiger partial charge in [0.25, 0.3) is 17.2 Å². The minimum atomic E-state index is -0.703. The lowest BCUT2D eigenvalue weighted by atomic mass is 10.1. The molecule has 2 heterocycles. The van der Waals surface area contributed by atoms with Crippen LogP contribution in [0.15, 0.2) is 83.3 Å². The van der Waals surface area contributed by atoms with Crippen molar-refractivity contribution in [3.8, 4) is 22.7 Å². The van der Waals surface area contributed by atoms with Crippen LogP contribution in [0.5, 0.6) is 5.75 Å². The number of nitrogens with one attached hydrogen (secondary N) is 2. The Kier molecular flexibility index (Phi) is 6.55. The molecular weight excluding hydrogens is 502 g/mol. The molecule has 4 aromatic rings. The lowest BCUT2D eigenvalue weighted by Gasteiger charge is -2.11. The Hall–Kier alpha value is -5.45. The molecule has 1 aliphatic heterocycles. The molecular formula is C28H23N5O6. The molecule has 0 radical (unpaired) electrons. The monoisotopic (exact) mass is 525 g/mol.